The molecule has 4 heterocycles. The maximum Gasteiger partial charge on any atom is 0.229 e. The first kappa shape index (κ1) is 20.4. The van der Waals surface area contributed by atoms with Crippen LogP contribution in [-0.4, -0.2) is 38.5 Å². The molecule has 1 saturated heterocycles. The highest BCUT2D eigenvalue weighted by molar-refractivity contribution is 9.10. The van der Waals surface area contributed by atoms with E-state index in [2.05, 4.69) is 40.7 Å². The summed E-state index contributed by atoms with van der Waals surface area (Å²) < 4.78 is 3.17. The molecule has 1 unspecified atom stereocenters. The minimum absolute atomic E-state index is 0.0557. The zero-order valence-electron chi connectivity index (χ0n) is 17.8. The van der Waals surface area contributed by atoms with Crippen LogP contribution in [-0.2, 0) is 17.8 Å². The zero-order valence-corrected chi connectivity index (χ0v) is 19.4. The Morgan fingerprint density at radius 2 is 2.06 bits per heavy atom. The molecule has 1 aromatic carbocycles. The molecule has 2 aliphatic rings. The molecule has 31 heavy (non-hydrogen) atoms. The first-order chi connectivity index (χ1) is 15.1. The van der Waals surface area contributed by atoms with Crippen LogP contribution in [0.1, 0.15) is 43.5 Å². The van der Waals surface area contributed by atoms with Crippen molar-refractivity contribution in [3.05, 3.63) is 40.4 Å². The number of aromatic nitrogens is 4. The lowest BCUT2D eigenvalue weighted by atomic mass is 9.97. The molecule has 0 bridgehead atoms. The first-order valence-corrected chi connectivity index (χ1v) is 11.9. The minimum Gasteiger partial charge on any atom is -0.354 e. The molecule has 3 aromatic rings. The van der Waals surface area contributed by atoms with E-state index in [0.29, 0.717) is 6.54 Å². The molecular formula is C23H27BrN6O. The Labute approximate surface area is 190 Å². The predicted molar refractivity (Wildman–Crippen MR) is 125 cm³/mol. The summed E-state index contributed by atoms with van der Waals surface area (Å²) >= 11 is 3.56. The first-order valence-electron chi connectivity index (χ1n) is 11.1. The maximum atomic E-state index is 13.0. The number of nitrogens with zero attached hydrogens (tertiary/aromatic N) is 5. The second kappa shape index (κ2) is 8.57. The van der Waals surface area contributed by atoms with Crippen molar-refractivity contribution in [2.45, 2.75) is 52.0 Å². The number of rotatable bonds is 3. The molecule has 2 aromatic heterocycles. The third-order valence-corrected chi connectivity index (χ3v) is 7.00. The van der Waals surface area contributed by atoms with Crippen LogP contribution in [0.3, 0.4) is 0 Å². The van der Waals surface area contributed by atoms with E-state index < -0.39 is 0 Å². The van der Waals surface area contributed by atoms with Gasteiger partial charge in [-0.3, -0.25) is 4.79 Å². The van der Waals surface area contributed by atoms with Crippen LogP contribution >= 0.6 is 15.9 Å². The van der Waals surface area contributed by atoms with E-state index in [1.54, 1.807) is 6.33 Å². The van der Waals surface area contributed by atoms with Crippen molar-refractivity contribution in [3.63, 3.8) is 0 Å². The van der Waals surface area contributed by atoms with E-state index in [1.807, 2.05) is 25.1 Å². The highest BCUT2D eigenvalue weighted by Gasteiger charge is 2.29. The second-order valence-corrected chi connectivity index (χ2v) is 9.47. The molecule has 0 saturated carbocycles. The summed E-state index contributed by atoms with van der Waals surface area (Å²) in [6.07, 6.45) is 8.04. The van der Waals surface area contributed by atoms with Gasteiger partial charge in [0, 0.05) is 30.5 Å². The van der Waals surface area contributed by atoms with Crippen LogP contribution < -0.4 is 10.2 Å². The third kappa shape index (κ3) is 4.05. The molecular weight excluding hydrogens is 456 g/mol. The number of piperidine rings is 1. The van der Waals surface area contributed by atoms with Crippen LogP contribution in [0.2, 0.25) is 0 Å². The van der Waals surface area contributed by atoms with Crippen molar-refractivity contribution in [3.8, 4) is 0 Å². The van der Waals surface area contributed by atoms with E-state index in [4.69, 9.17) is 4.98 Å². The number of hydrogen-bond donors (Lipinski definition) is 1. The number of fused-ring (bicyclic) bond motifs is 3. The normalized spacial score (nSPS) is 19.2. The van der Waals surface area contributed by atoms with E-state index in [9.17, 15) is 4.79 Å². The predicted octanol–water partition coefficient (Wildman–Crippen LogP) is 4.48. The molecule has 0 aliphatic carbocycles. The van der Waals surface area contributed by atoms with Crippen LogP contribution in [0, 0.1) is 12.8 Å². The average Bonchev–Trinajstić information content (AvgIpc) is 2.96. The SMILES string of the molecule is Cc1ccc(NC(=O)C2CCCN(c3ncnc4c3nc3n4CCCCC3)C2)c(Br)c1. The van der Waals surface area contributed by atoms with Crippen LogP contribution in [0.5, 0.6) is 0 Å². The largest absolute Gasteiger partial charge is 0.354 e. The van der Waals surface area contributed by atoms with Gasteiger partial charge < -0.3 is 14.8 Å². The van der Waals surface area contributed by atoms with Gasteiger partial charge >= 0.3 is 0 Å². The zero-order chi connectivity index (χ0) is 21.4. The Balaban J connectivity index is 1.38. The molecule has 8 heteroatoms. The number of carbonyl (C=O) groups excluding carboxylic acids is 1. The molecule has 1 atom stereocenters. The average molecular weight is 483 g/mol. The monoisotopic (exact) mass is 482 g/mol. The van der Waals surface area contributed by atoms with Gasteiger partial charge in [0.15, 0.2) is 17.0 Å². The van der Waals surface area contributed by atoms with E-state index in [-0.39, 0.29) is 11.8 Å². The van der Waals surface area contributed by atoms with Gasteiger partial charge in [0.1, 0.15) is 12.2 Å². The molecule has 1 fully saturated rings. The number of carbonyl (C=O) groups is 1. The summed E-state index contributed by atoms with van der Waals surface area (Å²) in [6.45, 7) is 4.53. The van der Waals surface area contributed by atoms with Crippen molar-refractivity contribution >= 4 is 44.5 Å². The molecule has 162 valence electrons. The quantitative estimate of drug-likeness (QED) is 0.595. The number of amides is 1. The summed E-state index contributed by atoms with van der Waals surface area (Å²) in [5, 5.41) is 3.10. The fraction of sp³-hybridized carbons (Fsp3) is 0.478. The van der Waals surface area contributed by atoms with Gasteiger partial charge in [-0.25, -0.2) is 15.0 Å². The smallest absolute Gasteiger partial charge is 0.229 e. The minimum atomic E-state index is -0.0904. The van der Waals surface area contributed by atoms with E-state index in [1.165, 1.54) is 19.3 Å². The highest BCUT2D eigenvalue weighted by atomic mass is 79.9. The maximum absolute atomic E-state index is 13.0. The number of anilines is 2. The fourth-order valence-electron chi connectivity index (χ4n) is 4.70. The standard InChI is InChI=1S/C23H27BrN6O/c1-15-8-9-18(17(24)12-15)27-23(31)16-6-5-10-29(13-16)21-20-22(26-14-25-21)30-11-4-2-3-7-19(30)28-20/h8-9,12,14,16H,2-7,10-11,13H2,1H3,(H,27,31). The second-order valence-electron chi connectivity index (χ2n) is 8.62. The molecule has 0 spiro atoms. The lowest BCUT2D eigenvalue weighted by Gasteiger charge is -2.32. The van der Waals surface area contributed by atoms with Crippen molar-refractivity contribution in [1.29, 1.82) is 0 Å². The summed E-state index contributed by atoms with van der Waals surface area (Å²) in [5.74, 6) is 1.94. The lowest BCUT2D eigenvalue weighted by Crippen LogP contribution is -2.41. The van der Waals surface area contributed by atoms with Gasteiger partial charge in [0.2, 0.25) is 5.91 Å². The van der Waals surface area contributed by atoms with Gasteiger partial charge in [-0.1, -0.05) is 12.5 Å². The molecule has 5 rings (SSSR count). The van der Waals surface area contributed by atoms with Gasteiger partial charge in [-0.15, -0.1) is 0 Å². The summed E-state index contributed by atoms with van der Waals surface area (Å²) in [4.78, 5) is 29.3. The Hall–Kier alpha value is -2.48. The number of aryl methyl sites for hydroxylation is 3. The van der Waals surface area contributed by atoms with E-state index in [0.717, 1.165) is 70.9 Å². The third-order valence-electron chi connectivity index (χ3n) is 6.35. The highest BCUT2D eigenvalue weighted by Crippen LogP contribution is 2.30. The lowest BCUT2D eigenvalue weighted by molar-refractivity contribution is -0.120. The summed E-state index contributed by atoms with van der Waals surface area (Å²) in [7, 11) is 0. The summed E-state index contributed by atoms with van der Waals surface area (Å²) in [6, 6.07) is 5.97. The molecule has 1 amide bonds. The fourth-order valence-corrected chi connectivity index (χ4v) is 5.29. The van der Waals surface area contributed by atoms with Crippen molar-refractivity contribution in [1.82, 2.24) is 19.5 Å². The van der Waals surface area contributed by atoms with E-state index >= 15 is 0 Å². The van der Waals surface area contributed by atoms with Crippen molar-refractivity contribution in [2.24, 2.45) is 5.92 Å². The number of imidazole rings is 1. The molecule has 0 radical (unpaired) electrons. The molecule has 7 nitrogen and oxygen atoms in total. The van der Waals surface area contributed by atoms with Crippen LogP contribution in [0.15, 0.2) is 29.0 Å². The Morgan fingerprint density at radius 1 is 1.16 bits per heavy atom. The van der Waals surface area contributed by atoms with Crippen LogP contribution in [0.4, 0.5) is 11.5 Å². The number of halogens is 1. The van der Waals surface area contributed by atoms with Crippen molar-refractivity contribution < 1.29 is 4.79 Å². The Bertz CT molecular complexity index is 1130. The van der Waals surface area contributed by atoms with Crippen LogP contribution in [0.25, 0.3) is 11.2 Å². The van der Waals surface area contributed by atoms with Gasteiger partial charge in [-0.05, 0) is 66.2 Å². The number of nitrogens with one attached hydrogen (secondary N) is 1. The Kier molecular flexibility index (Phi) is 5.65. The topological polar surface area (TPSA) is 75.9 Å². The van der Waals surface area contributed by atoms with Gasteiger partial charge in [0.05, 0.1) is 11.6 Å². The Morgan fingerprint density at radius 3 is 2.94 bits per heavy atom. The summed E-state index contributed by atoms with van der Waals surface area (Å²) in [5.41, 5.74) is 3.77. The molecule has 1 N–H and O–H groups in total. The molecule has 2 aliphatic heterocycles. The van der Waals surface area contributed by atoms with Crippen molar-refractivity contribution in [2.75, 3.05) is 23.3 Å². The number of hydrogen-bond acceptors (Lipinski definition) is 5. The van der Waals surface area contributed by atoms with Gasteiger partial charge in [0.25, 0.3) is 0 Å². The van der Waals surface area contributed by atoms with Gasteiger partial charge in [-0.2, -0.15) is 0 Å². The number of benzene rings is 1.